The summed E-state index contributed by atoms with van der Waals surface area (Å²) < 4.78 is 7.05. The van der Waals surface area contributed by atoms with Crippen LogP contribution in [-0.2, 0) is 6.54 Å². The van der Waals surface area contributed by atoms with Gasteiger partial charge in [-0.05, 0) is 44.5 Å². The van der Waals surface area contributed by atoms with E-state index in [4.69, 9.17) is 16.1 Å². The van der Waals surface area contributed by atoms with Gasteiger partial charge in [0, 0.05) is 24.0 Å². The second-order valence-electron chi connectivity index (χ2n) is 6.99. The maximum Gasteiger partial charge on any atom is 0.257 e. The van der Waals surface area contributed by atoms with Crippen LogP contribution in [0.5, 0.6) is 0 Å². The van der Waals surface area contributed by atoms with Crippen molar-refractivity contribution in [3.63, 3.8) is 0 Å². The normalized spacial score (nSPS) is 10.9. The van der Waals surface area contributed by atoms with Gasteiger partial charge < -0.3 is 9.84 Å². The van der Waals surface area contributed by atoms with Gasteiger partial charge in [0.15, 0.2) is 5.82 Å². The number of carbonyl (C=O) groups excluding carboxylic acids is 1. The summed E-state index contributed by atoms with van der Waals surface area (Å²) in [6, 6.07) is 13.0. The van der Waals surface area contributed by atoms with Crippen LogP contribution in [0.2, 0.25) is 5.02 Å². The standard InChI is InChI=1S/C22H20ClN5O2/c1-13-10-14(2)28(26-13)19-9-8-16(11-24-19)12-25-22(29)20-15(3)30-27-21(20)17-6-4-5-7-18(17)23/h4-11H,12H2,1-3H3,(H,25,29). The summed E-state index contributed by atoms with van der Waals surface area (Å²) in [6.07, 6.45) is 1.72. The quantitative estimate of drug-likeness (QED) is 0.515. The van der Waals surface area contributed by atoms with Gasteiger partial charge in [-0.25, -0.2) is 9.67 Å². The van der Waals surface area contributed by atoms with Crippen molar-refractivity contribution in [1.82, 2.24) is 25.2 Å². The Kier molecular flexibility index (Phi) is 5.37. The van der Waals surface area contributed by atoms with Crippen molar-refractivity contribution in [2.24, 2.45) is 0 Å². The molecule has 0 aliphatic rings. The maximum atomic E-state index is 12.9. The van der Waals surface area contributed by atoms with Crippen molar-refractivity contribution in [2.45, 2.75) is 27.3 Å². The molecule has 4 rings (SSSR count). The number of amides is 1. The van der Waals surface area contributed by atoms with Gasteiger partial charge in [-0.3, -0.25) is 4.79 Å². The average molecular weight is 422 g/mol. The SMILES string of the molecule is Cc1cc(C)n(-c2ccc(CNC(=O)c3c(-c4ccccc4Cl)noc3C)cn2)n1. The van der Waals surface area contributed by atoms with Crippen LogP contribution in [-0.4, -0.2) is 25.8 Å². The van der Waals surface area contributed by atoms with E-state index in [2.05, 4.69) is 20.6 Å². The summed E-state index contributed by atoms with van der Waals surface area (Å²) in [7, 11) is 0. The second kappa shape index (κ2) is 8.12. The van der Waals surface area contributed by atoms with Crippen molar-refractivity contribution in [3.8, 4) is 17.1 Å². The number of carbonyl (C=O) groups is 1. The number of hydrogen-bond acceptors (Lipinski definition) is 5. The largest absolute Gasteiger partial charge is 0.360 e. The van der Waals surface area contributed by atoms with Gasteiger partial charge in [-0.1, -0.05) is 41.0 Å². The van der Waals surface area contributed by atoms with Gasteiger partial charge in [-0.15, -0.1) is 0 Å². The lowest BCUT2D eigenvalue weighted by Crippen LogP contribution is -2.23. The van der Waals surface area contributed by atoms with E-state index in [1.54, 1.807) is 29.9 Å². The van der Waals surface area contributed by atoms with E-state index in [-0.39, 0.29) is 5.91 Å². The second-order valence-corrected chi connectivity index (χ2v) is 7.40. The predicted molar refractivity (Wildman–Crippen MR) is 114 cm³/mol. The molecule has 0 spiro atoms. The number of rotatable bonds is 5. The van der Waals surface area contributed by atoms with Gasteiger partial charge >= 0.3 is 0 Å². The van der Waals surface area contributed by atoms with Crippen LogP contribution in [0, 0.1) is 20.8 Å². The molecule has 0 atom stereocenters. The third-order valence-corrected chi connectivity index (χ3v) is 5.04. The zero-order chi connectivity index (χ0) is 21.3. The molecule has 1 aromatic carbocycles. The first kappa shape index (κ1) is 19.8. The fourth-order valence-corrected chi connectivity index (χ4v) is 3.48. The zero-order valence-electron chi connectivity index (χ0n) is 16.8. The molecule has 1 N–H and O–H groups in total. The number of aryl methyl sites for hydroxylation is 3. The Hall–Kier alpha value is -3.45. The Morgan fingerprint density at radius 3 is 2.63 bits per heavy atom. The van der Waals surface area contributed by atoms with E-state index in [9.17, 15) is 4.79 Å². The number of benzene rings is 1. The molecule has 3 aromatic heterocycles. The van der Waals surface area contributed by atoms with Gasteiger partial charge in [0.05, 0.1) is 10.7 Å². The molecule has 0 bridgehead atoms. The van der Waals surface area contributed by atoms with Crippen LogP contribution in [0.4, 0.5) is 0 Å². The highest BCUT2D eigenvalue weighted by Crippen LogP contribution is 2.30. The highest BCUT2D eigenvalue weighted by Gasteiger charge is 2.22. The molecule has 0 saturated heterocycles. The summed E-state index contributed by atoms with van der Waals surface area (Å²) in [4.78, 5) is 17.3. The first-order valence-electron chi connectivity index (χ1n) is 9.42. The number of pyridine rings is 1. The summed E-state index contributed by atoms with van der Waals surface area (Å²) in [6.45, 7) is 5.94. The van der Waals surface area contributed by atoms with E-state index in [1.807, 2.05) is 44.2 Å². The van der Waals surface area contributed by atoms with E-state index < -0.39 is 0 Å². The highest BCUT2D eigenvalue weighted by molar-refractivity contribution is 6.33. The molecule has 3 heterocycles. The summed E-state index contributed by atoms with van der Waals surface area (Å²) in [5, 5.41) is 11.9. The Balaban J connectivity index is 1.50. The van der Waals surface area contributed by atoms with E-state index >= 15 is 0 Å². The number of nitrogens with zero attached hydrogens (tertiary/aromatic N) is 4. The third kappa shape index (κ3) is 3.84. The fourth-order valence-electron chi connectivity index (χ4n) is 3.25. The smallest absolute Gasteiger partial charge is 0.257 e. The zero-order valence-corrected chi connectivity index (χ0v) is 17.6. The Bertz CT molecular complexity index is 1210. The minimum atomic E-state index is -0.286. The molecular formula is C22H20ClN5O2. The van der Waals surface area contributed by atoms with Crippen molar-refractivity contribution in [3.05, 3.63) is 82.0 Å². The number of hydrogen-bond donors (Lipinski definition) is 1. The number of aromatic nitrogens is 4. The molecule has 152 valence electrons. The minimum absolute atomic E-state index is 0.286. The Morgan fingerprint density at radius 2 is 1.97 bits per heavy atom. The van der Waals surface area contributed by atoms with Crippen molar-refractivity contribution in [2.75, 3.05) is 0 Å². The highest BCUT2D eigenvalue weighted by atomic mass is 35.5. The van der Waals surface area contributed by atoms with Crippen LogP contribution in [0.3, 0.4) is 0 Å². The molecule has 4 aromatic rings. The van der Waals surface area contributed by atoms with Crippen molar-refractivity contribution < 1.29 is 9.32 Å². The van der Waals surface area contributed by atoms with Crippen LogP contribution in [0.15, 0.2) is 53.2 Å². The monoisotopic (exact) mass is 421 g/mol. The maximum absolute atomic E-state index is 12.9. The third-order valence-electron chi connectivity index (χ3n) is 4.71. The first-order valence-corrected chi connectivity index (χ1v) is 9.80. The molecular weight excluding hydrogens is 402 g/mol. The molecule has 0 fully saturated rings. The molecule has 7 nitrogen and oxygen atoms in total. The molecule has 8 heteroatoms. The van der Waals surface area contributed by atoms with Gasteiger partial charge in [0.25, 0.3) is 5.91 Å². The van der Waals surface area contributed by atoms with E-state index in [0.717, 1.165) is 22.8 Å². The topological polar surface area (TPSA) is 85.8 Å². The number of nitrogens with one attached hydrogen (secondary N) is 1. The summed E-state index contributed by atoms with van der Waals surface area (Å²) in [5.74, 6) is 0.873. The van der Waals surface area contributed by atoms with E-state index in [1.165, 1.54) is 0 Å². The summed E-state index contributed by atoms with van der Waals surface area (Å²) >= 11 is 6.27. The molecule has 0 aliphatic heterocycles. The molecule has 30 heavy (non-hydrogen) atoms. The lowest BCUT2D eigenvalue weighted by molar-refractivity contribution is 0.0950. The van der Waals surface area contributed by atoms with Gasteiger partial charge in [0.2, 0.25) is 0 Å². The molecule has 0 aliphatic carbocycles. The lowest BCUT2D eigenvalue weighted by Gasteiger charge is -2.08. The lowest BCUT2D eigenvalue weighted by atomic mass is 10.1. The van der Waals surface area contributed by atoms with Crippen molar-refractivity contribution >= 4 is 17.5 Å². The van der Waals surface area contributed by atoms with Crippen LogP contribution >= 0.6 is 11.6 Å². The first-order chi connectivity index (χ1) is 14.4. The van der Waals surface area contributed by atoms with Crippen LogP contribution in [0.1, 0.15) is 33.1 Å². The van der Waals surface area contributed by atoms with Crippen molar-refractivity contribution in [1.29, 1.82) is 0 Å². The van der Waals surface area contributed by atoms with Gasteiger partial charge in [-0.2, -0.15) is 5.10 Å². The predicted octanol–water partition coefficient (Wildman–Crippen LogP) is 4.43. The van der Waals surface area contributed by atoms with E-state index in [0.29, 0.717) is 34.1 Å². The average Bonchev–Trinajstić information content (AvgIpc) is 3.28. The molecule has 1 amide bonds. The Morgan fingerprint density at radius 1 is 1.17 bits per heavy atom. The Labute approximate surface area is 178 Å². The fraction of sp³-hybridized carbons (Fsp3) is 0.182. The molecule has 0 radical (unpaired) electrons. The van der Waals surface area contributed by atoms with Gasteiger partial charge in [0.1, 0.15) is 17.0 Å². The summed E-state index contributed by atoms with van der Waals surface area (Å²) in [5.41, 5.74) is 4.25. The minimum Gasteiger partial charge on any atom is -0.360 e. The molecule has 0 unspecified atom stereocenters. The molecule has 0 saturated carbocycles. The van der Waals surface area contributed by atoms with Crippen LogP contribution in [0.25, 0.3) is 17.1 Å². The van der Waals surface area contributed by atoms with Crippen LogP contribution < -0.4 is 5.32 Å². The number of halogens is 1.